The van der Waals surface area contributed by atoms with Crippen molar-refractivity contribution in [3.63, 3.8) is 0 Å². The molecule has 1 saturated carbocycles. The maximum Gasteiger partial charge on any atom is 0.249 e. The molecular weight excluding hydrogens is 194 g/mol. The highest BCUT2D eigenvalue weighted by Crippen LogP contribution is 2.35. The average Bonchev–Trinajstić information content (AvgIpc) is 2.06. The molecule has 0 radical (unpaired) electrons. The maximum absolute atomic E-state index is 11.5. The lowest BCUT2D eigenvalue weighted by molar-refractivity contribution is -0.176. The first-order valence-electron chi connectivity index (χ1n) is 5.43. The predicted molar refractivity (Wildman–Crippen MR) is 57.2 cm³/mol. The van der Waals surface area contributed by atoms with Crippen LogP contribution in [0.5, 0.6) is 0 Å². The van der Waals surface area contributed by atoms with Crippen molar-refractivity contribution < 1.29 is 14.6 Å². The lowest BCUT2D eigenvalue weighted by atomic mass is 9.82. The Morgan fingerprint density at radius 1 is 1.40 bits per heavy atom. The molecule has 1 rings (SSSR count). The van der Waals surface area contributed by atoms with Crippen molar-refractivity contribution in [2.45, 2.75) is 63.8 Å². The molecule has 0 aromatic carbocycles. The number of ether oxygens (including phenoxy) is 1. The Bertz CT molecular complexity index is 237. The van der Waals surface area contributed by atoms with Crippen LogP contribution in [0, 0.1) is 0 Å². The summed E-state index contributed by atoms with van der Waals surface area (Å²) in [7, 11) is 0. The van der Waals surface area contributed by atoms with Crippen molar-refractivity contribution in [1.82, 2.24) is 0 Å². The Kier molecular flexibility index (Phi) is 3.41. The Balaban J connectivity index is 2.76. The van der Waals surface area contributed by atoms with Gasteiger partial charge in [0.15, 0.2) is 0 Å². The van der Waals surface area contributed by atoms with E-state index in [0.717, 1.165) is 0 Å². The third-order valence-electron chi connectivity index (χ3n) is 2.71. The van der Waals surface area contributed by atoms with Gasteiger partial charge in [0.1, 0.15) is 5.60 Å². The third kappa shape index (κ3) is 3.18. The lowest BCUT2D eigenvalue weighted by Crippen LogP contribution is -2.52. The van der Waals surface area contributed by atoms with Gasteiger partial charge in [-0.1, -0.05) is 0 Å². The van der Waals surface area contributed by atoms with Crippen molar-refractivity contribution >= 4 is 5.91 Å². The summed E-state index contributed by atoms with van der Waals surface area (Å²) in [4.78, 5) is 11.5. The average molecular weight is 215 g/mol. The van der Waals surface area contributed by atoms with Gasteiger partial charge in [-0.25, -0.2) is 0 Å². The summed E-state index contributed by atoms with van der Waals surface area (Å²) in [5, 5.41) is 9.41. The van der Waals surface area contributed by atoms with Crippen molar-refractivity contribution in [3.05, 3.63) is 0 Å². The molecule has 0 atom stereocenters. The number of hydrogen-bond donors (Lipinski definition) is 2. The van der Waals surface area contributed by atoms with Gasteiger partial charge in [-0.2, -0.15) is 0 Å². The van der Waals surface area contributed by atoms with Gasteiger partial charge in [0, 0.05) is 0 Å². The fourth-order valence-corrected chi connectivity index (χ4v) is 2.05. The number of hydrogen-bond acceptors (Lipinski definition) is 3. The molecule has 3 N–H and O–H groups in total. The number of carbonyl (C=O) groups excluding carboxylic acids is 1. The van der Waals surface area contributed by atoms with Crippen LogP contribution in [-0.4, -0.2) is 28.3 Å². The van der Waals surface area contributed by atoms with Crippen LogP contribution < -0.4 is 5.73 Å². The van der Waals surface area contributed by atoms with Crippen LogP contribution in [0.15, 0.2) is 0 Å². The second kappa shape index (κ2) is 4.10. The largest absolute Gasteiger partial charge is 0.393 e. The number of aliphatic hydroxyl groups is 1. The number of amides is 1. The zero-order valence-corrected chi connectivity index (χ0v) is 9.75. The number of aliphatic hydroxyl groups excluding tert-OH is 1. The Morgan fingerprint density at radius 2 is 1.87 bits per heavy atom. The molecule has 0 spiro atoms. The minimum atomic E-state index is -0.878. The van der Waals surface area contributed by atoms with Crippen LogP contribution in [0.25, 0.3) is 0 Å². The summed E-state index contributed by atoms with van der Waals surface area (Å²) in [6.07, 6.45) is 1.88. The first-order chi connectivity index (χ1) is 6.75. The van der Waals surface area contributed by atoms with Crippen LogP contribution in [0.3, 0.4) is 0 Å². The van der Waals surface area contributed by atoms with Crippen molar-refractivity contribution in [3.8, 4) is 0 Å². The van der Waals surface area contributed by atoms with Crippen molar-refractivity contribution in [1.29, 1.82) is 0 Å². The lowest BCUT2D eigenvalue weighted by Gasteiger charge is -2.40. The Labute approximate surface area is 90.8 Å². The standard InChI is InChI=1S/C11H21NO3/c1-10(2,3)15-11(9(12)14)6-4-8(13)5-7-11/h8,13H,4-7H2,1-3H3,(H2,12,14). The van der Waals surface area contributed by atoms with E-state index in [9.17, 15) is 9.90 Å². The molecule has 0 heterocycles. The fraction of sp³-hybridized carbons (Fsp3) is 0.909. The fourth-order valence-electron chi connectivity index (χ4n) is 2.05. The highest BCUT2D eigenvalue weighted by atomic mass is 16.5. The van der Waals surface area contributed by atoms with E-state index in [0.29, 0.717) is 25.7 Å². The summed E-state index contributed by atoms with van der Waals surface area (Å²) in [5.74, 6) is -0.413. The summed E-state index contributed by atoms with van der Waals surface area (Å²) in [5.41, 5.74) is 4.14. The first-order valence-corrected chi connectivity index (χ1v) is 5.43. The molecule has 15 heavy (non-hydrogen) atoms. The Morgan fingerprint density at radius 3 is 2.20 bits per heavy atom. The molecule has 1 aliphatic carbocycles. The summed E-state index contributed by atoms with van der Waals surface area (Å²) in [6, 6.07) is 0. The van der Waals surface area contributed by atoms with Gasteiger partial charge in [0.2, 0.25) is 5.91 Å². The molecule has 0 saturated heterocycles. The Hall–Kier alpha value is -0.610. The van der Waals surface area contributed by atoms with E-state index in [4.69, 9.17) is 10.5 Å². The SMILES string of the molecule is CC(C)(C)OC1(C(N)=O)CCC(O)CC1. The zero-order chi connectivity index (χ0) is 11.7. The predicted octanol–water partition coefficient (Wildman–Crippen LogP) is 0.960. The number of carbonyl (C=O) groups is 1. The van der Waals surface area contributed by atoms with Crippen LogP contribution in [-0.2, 0) is 9.53 Å². The number of rotatable bonds is 2. The van der Waals surface area contributed by atoms with E-state index in [2.05, 4.69) is 0 Å². The molecule has 0 aromatic heterocycles. The topological polar surface area (TPSA) is 72.5 Å². The van der Waals surface area contributed by atoms with E-state index < -0.39 is 17.1 Å². The molecule has 1 amide bonds. The van der Waals surface area contributed by atoms with Gasteiger partial charge in [-0.05, 0) is 46.5 Å². The molecule has 88 valence electrons. The van der Waals surface area contributed by atoms with Crippen molar-refractivity contribution in [2.24, 2.45) is 5.73 Å². The highest BCUT2D eigenvalue weighted by molar-refractivity contribution is 5.83. The van der Waals surface area contributed by atoms with Gasteiger partial charge in [-0.3, -0.25) is 4.79 Å². The van der Waals surface area contributed by atoms with E-state index in [1.807, 2.05) is 20.8 Å². The van der Waals surface area contributed by atoms with Crippen LogP contribution >= 0.6 is 0 Å². The van der Waals surface area contributed by atoms with E-state index in [1.165, 1.54) is 0 Å². The molecule has 0 bridgehead atoms. The van der Waals surface area contributed by atoms with E-state index >= 15 is 0 Å². The van der Waals surface area contributed by atoms with Gasteiger partial charge in [0.25, 0.3) is 0 Å². The summed E-state index contributed by atoms with van der Waals surface area (Å²) >= 11 is 0. The van der Waals surface area contributed by atoms with Gasteiger partial charge < -0.3 is 15.6 Å². The molecule has 1 aliphatic rings. The minimum absolute atomic E-state index is 0.318. The molecule has 0 unspecified atom stereocenters. The van der Waals surface area contributed by atoms with Crippen LogP contribution in [0.2, 0.25) is 0 Å². The smallest absolute Gasteiger partial charge is 0.249 e. The van der Waals surface area contributed by atoms with Crippen LogP contribution in [0.4, 0.5) is 0 Å². The normalized spacial score (nSPS) is 32.7. The molecule has 0 aliphatic heterocycles. The van der Waals surface area contributed by atoms with E-state index in [-0.39, 0.29) is 6.10 Å². The number of primary amides is 1. The second-order valence-electron chi connectivity index (χ2n) is 5.30. The van der Waals surface area contributed by atoms with Crippen molar-refractivity contribution in [2.75, 3.05) is 0 Å². The maximum atomic E-state index is 11.5. The molecule has 4 heteroatoms. The third-order valence-corrected chi connectivity index (χ3v) is 2.71. The summed E-state index contributed by atoms with van der Waals surface area (Å²) < 4.78 is 5.79. The molecule has 4 nitrogen and oxygen atoms in total. The van der Waals surface area contributed by atoms with Crippen LogP contribution in [0.1, 0.15) is 46.5 Å². The number of nitrogens with two attached hydrogens (primary N) is 1. The molecule has 0 aromatic rings. The molecular formula is C11H21NO3. The zero-order valence-electron chi connectivity index (χ0n) is 9.75. The van der Waals surface area contributed by atoms with E-state index in [1.54, 1.807) is 0 Å². The summed E-state index contributed by atoms with van der Waals surface area (Å²) in [6.45, 7) is 5.72. The van der Waals surface area contributed by atoms with Gasteiger partial charge in [0.05, 0.1) is 11.7 Å². The minimum Gasteiger partial charge on any atom is -0.393 e. The quantitative estimate of drug-likeness (QED) is 0.720. The van der Waals surface area contributed by atoms with Gasteiger partial charge >= 0.3 is 0 Å². The first kappa shape index (κ1) is 12.5. The molecule has 1 fully saturated rings. The van der Waals surface area contributed by atoms with Gasteiger partial charge in [-0.15, -0.1) is 0 Å². The second-order valence-corrected chi connectivity index (χ2v) is 5.30. The monoisotopic (exact) mass is 215 g/mol. The highest BCUT2D eigenvalue weighted by Gasteiger charge is 2.43.